The average Bonchev–Trinajstić information content (AvgIpc) is 3.03. The van der Waals surface area contributed by atoms with Crippen molar-refractivity contribution >= 4 is 21.7 Å². The van der Waals surface area contributed by atoms with Crippen molar-refractivity contribution in [2.24, 2.45) is 0 Å². The summed E-state index contributed by atoms with van der Waals surface area (Å²) >= 11 is 6.07. The highest BCUT2D eigenvalue weighted by Gasteiger charge is 2.22. The topological polar surface area (TPSA) is 61.2 Å². The van der Waals surface area contributed by atoms with Crippen molar-refractivity contribution in [1.82, 2.24) is 9.78 Å². The molecule has 2 aromatic carbocycles. The molecule has 3 rings (SSSR count). The van der Waals surface area contributed by atoms with Crippen LogP contribution in [0.2, 0.25) is 5.02 Å². The molecule has 0 aliphatic rings. The molecule has 0 N–H and O–H groups in total. The quantitative estimate of drug-likeness (QED) is 0.537. The monoisotopic (exact) mass is 418 g/mol. The fraction of sp³-hybridized carbons (Fsp3) is 0.286. The second kappa shape index (κ2) is 7.60. The number of aromatic nitrogens is 2. The average molecular weight is 419 g/mol. The van der Waals surface area contributed by atoms with Crippen molar-refractivity contribution in [1.29, 1.82) is 0 Å². The zero-order chi connectivity index (χ0) is 20.5. The van der Waals surface area contributed by atoms with Crippen LogP contribution in [0.15, 0.2) is 59.5 Å². The molecule has 0 aliphatic carbocycles. The third kappa shape index (κ3) is 4.39. The van der Waals surface area contributed by atoms with Crippen molar-refractivity contribution < 1.29 is 12.6 Å². The third-order valence-electron chi connectivity index (χ3n) is 4.35. The van der Waals surface area contributed by atoms with E-state index < -0.39 is 10.1 Å². The minimum atomic E-state index is -4.00. The first kappa shape index (κ1) is 20.4. The Kier molecular flexibility index (Phi) is 5.55. The SMILES string of the molecule is CCc1cc(OS(=O)(=O)c2ccc(C(C)(C)C)cc2)n(-c2cccc(Cl)c2)n1. The number of halogens is 1. The zero-order valence-corrected chi connectivity index (χ0v) is 17.9. The van der Waals surface area contributed by atoms with Gasteiger partial charge in [-0.1, -0.05) is 57.5 Å². The van der Waals surface area contributed by atoms with Crippen LogP contribution in [-0.4, -0.2) is 18.2 Å². The Labute approximate surface area is 171 Å². The van der Waals surface area contributed by atoms with Gasteiger partial charge in [0.15, 0.2) is 0 Å². The second-order valence-corrected chi connectivity index (χ2v) is 9.51. The summed E-state index contributed by atoms with van der Waals surface area (Å²) in [5, 5.41) is 4.96. The first-order valence-corrected chi connectivity index (χ1v) is 10.8. The van der Waals surface area contributed by atoms with Gasteiger partial charge in [0, 0.05) is 11.1 Å². The number of hydrogen-bond donors (Lipinski definition) is 0. The lowest BCUT2D eigenvalue weighted by molar-refractivity contribution is 0.464. The van der Waals surface area contributed by atoms with Crippen LogP contribution in [-0.2, 0) is 22.0 Å². The van der Waals surface area contributed by atoms with E-state index in [1.807, 2.05) is 19.1 Å². The Balaban J connectivity index is 1.97. The molecule has 0 saturated carbocycles. The molecule has 0 aliphatic heterocycles. The highest BCUT2D eigenvalue weighted by Crippen LogP contribution is 2.27. The highest BCUT2D eigenvalue weighted by molar-refractivity contribution is 7.87. The minimum Gasteiger partial charge on any atom is -0.358 e. The van der Waals surface area contributed by atoms with Crippen molar-refractivity contribution in [3.8, 4) is 11.6 Å². The number of nitrogens with zero attached hydrogens (tertiary/aromatic N) is 2. The molecule has 1 aromatic heterocycles. The molecular weight excluding hydrogens is 396 g/mol. The van der Waals surface area contributed by atoms with Crippen LogP contribution >= 0.6 is 11.6 Å². The summed E-state index contributed by atoms with van der Waals surface area (Å²) in [6.45, 7) is 8.16. The van der Waals surface area contributed by atoms with Crippen LogP contribution in [0.3, 0.4) is 0 Å². The largest absolute Gasteiger partial charge is 0.358 e. The van der Waals surface area contributed by atoms with Crippen molar-refractivity contribution in [3.63, 3.8) is 0 Å². The molecule has 3 aromatic rings. The van der Waals surface area contributed by atoms with E-state index in [-0.39, 0.29) is 16.2 Å². The van der Waals surface area contributed by atoms with Crippen molar-refractivity contribution in [2.45, 2.75) is 44.4 Å². The molecular formula is C21H23ClN2O3S. The highest BCUT2D eigenvalue weighted by atomic mass is 35.5. The lowest BCUT2D eigenvalue weighted by Crippen LogP contribution is -2.14. The molecule has 0 amide bonds. The summed E-state index contributed by atoms with van der Waals surface area (Å²) < 4.78 is 32.5. The van der Waals surface area contributed by atoms with E-state index >= 15 is 0 Å². The van der Waals surface area contributed by atoms with E-state index in [1.54, 1.807) is 42.5 Å². The van der Waals surface area contributed by atoms with Gasteiger partial charge in [-0.25, -0.2) is 0 Å². The molecule has 0 unspecified atom stereocenters. The van der Waals surface area contributed by atoms with Gasteiger partial charge in [0.05, 0.1) is 11.4 Å². The third-order valence-corrected chi connectivity index (χ3v) is 5.82. The van der Waals surface area contributed by atoms with Crippen molar-refractivity contribution in [3.05, 3.63) is 70.9 Å². The maximum atomic E-state index is 12.8. The molecule has 7 heteroatoms. The number of benzene rings is 2. The van der Waals surface area contributed by atoms with E-state index in [1.165, 1.54) is 4.68 Å². The van der Waals surface area contributed by atoms with Crippen molar-refractivity contribution in [2.75, 3.05) is 0 Å². The molecule has 148 valence electrons. The Morgan fingerprint density at radius 3 is 2.32 bits per heavy atom. The standard InChI is InChI=1S/C21H23ClN2O3S/c1-5-17-14-20(24(23-17)18-8-6-7-16(22)13-18)27-28(25,26)19-11-9-15(10-12-19)21(2,3)4/h6-14H,5H2,1-4H3. The molecule has 0 saturated heterocycles. The maximum Gasteiger partial charge on any atom is 0.340 e. The summed E-state index contributed by atoms with van der Waals surface area (Å²) in [6, 6.07) is 15.4. The predicted octanol–water partition coefficient (Wildman–Crippen LogP) is 5.15. The van der Waals surface area contributed by atoms with Gasteiger partial charge in [0.25, 0.3) is 0 Å². The number of rotatable bonds is 5. The van der Waals surface area contributed by atoms with Crippen LogP contribution in [0, 0.1) is 0 Å². The molecule has 0 radical (unpaired) electrons. The maximum absolute atomic E-state index is 12.8. The molecule has 28 heavy (non-hydrogen) atoms. The minimum absolute atomic E-state index is 0.0651. The molecule has 5 nitrogen and oxygen atoms in total. The Bertz CT molecular complexity index is 1080. The Morgan fingerprint density at radius 1 is 1.07 bits per heavy atom. The molecule has 0 bridgehead atoms. The van der Waals surface area contributed by atoms with Gasteiger partial charge in [-0.15, -0.1) is 0 Å². The van der Waals surface area contributed by atoms with Gasteiger partial charge in [-0.3, -0.25) is 0 Å². The van der Waals surface area contributed by atoms with E-state index in [9.17, 15) is 8.42 Å². The first-order chi connectivity index (χ1) is 13.1. The van der Waals surface area contributed by atoms with Gasteiger partial charge in [0.1, 0.15) is 4.90 Å². The van der Waals surface area contributed by atoms with E-state index in [4.69, 9.17) is 15.8 Å². The van der Waals surface area contributed by atoms with Gasteiger partial charge in [-0.2, -0.15) is 18.2 Å². The van der Waals surface area contributed by atoms with Crippen LogP contribution in [0.1, 0.15) is 39.0 Å². The van der Waals surface area contributed by atoms with Gasteiger partial charge in [-0.05, 0) is 47.7 Å². The fourth-order valence-electron chi connectivity index (χ4n) is 2.72. The molecule has 0 spiro atoms. The summed E-state index contributed by atoms with van der Waals surface area (Å²) in [4.78, 5) is 0.0948. The van der Waals surface area contributed by atoms with Gasteiger partial charge in [0.2, 0.25) is 5.88 Å². The van der Waals surface area contributed by atoms with E-state index in [0.29, 0.717) is 22.8 Å². The van der Waals surface area contributed by atoms with Crippen LogP contribution < -0.4 is 4.18 Å². The van der Waals surface area contributed by atoms with Crippen LogP contribution in [0.5, 0.6) is 5.88 Å². The smallest absolute Gasteiger partial charge is 0.340 e. The van der Waals surface area contributed by atoms with Gasteiger partial charge < -0.3 is 4.18 Å². The zero-order valence-electron chi connectivity index (χ0n) is 16.3. The summed E-state index contributed by atoms with van der Waals surface area (Å²) in [5.41, 5.74) is 2.32. The normalized spacial score (nSPS) is 12.2. The molecule has 0 atom stereocenters. The van der Waals surface area contributed by atoms with E-state index in [2.05, 4.69) is 25.9 Å². The lowest BCUT2D eigenvalue weighted by Gasteiger charge is -2.19. The number of hydrogen-bond acceptors (Lipinski definition) is 4. The first-order valence-electron chi connectivity index (χ1n) is 9.00. The summed E-state index contributed by atoms with van der Waals surface area (Å²) in [6.07, 6.45) is 0.643. The summed E-state index contributed by atoms with van der Waals surface area (Å²) in [7, 11) is -4.00. The summed E-state index contributed by atoms with van der Waals surface area (Å²) in [5.74, 6) is 0.124. The fourth-order valence-corrected chi connectivity index (χ4v) is 3.81. The Hall–Kier alpha value is -2.31. The van der Waals surface area contributed by atoms with Gasteiger partial charge >= 0.3 is 10.1 Å². The molecule has 1 heterocycles. The second-order valence-electron chi connectivity index (χ2n) is 7.53. The Morgan fingerprint density at radius 2 is 1.75 bits per heavy atom. The number of aryl methyl sites for hydroxylation is 1. The lowest BCUT2D eigenvalue weighted by atomic mass is 9.87. The van der Waals surface area contributed by atoms with Crippen LogP contribution in [0.25, 0.3) is 5.69 Å². The van der Waals surface area contributed by atoms with Crippen LogP contribution in [0.4, 0.5) is 0 Å². The van der Waals surface area contributed by atoms with E-state index in [0.717, 1.165) is 5.56 Å². The molecule has 0 fully saturated rings. The predicted molar refractivity (Wildman–Crippen MR) is 111 cm³/mol.